The predicted molar refractivity (Wildman–Crippen MR) is 76.9 cm³/mol. The molecule has 0 bridgehead atoms. The van der Waals surface area contributed by atoms with E-state index in [1.54, 1.807) is 13.8 Å². The number of amides is 1. The van der Waals surface area contributed by atoms with Crippen LogP contribution in [-0.2, 0) is 37.5 Å². The van der Waals surface area contributed by atoms with Gasteiger partial charge in [-0.2, -0.15) is 0 Å². The Balaban J connectivity index is 0.00000361. The van der Waals surface area contributed by atoms with Crippen LogP contribution in [0.3, 0.4) is 0 Å². The van der Waals surface area contributed by atoms with Gasteiger partial charge in [-0.1, -0.05) is 13.3 Å². The molecule has 1 aromatic carbocycles. The van der Waals surface area contributed by atoms with Crippen molar-refractivity contribution in [2.24, 2.45) is 0 Å². The zero-order valence-corrected chi connectivity index (χ0v) is 15.8. The van der Waals surface area contributed by atoms with Gasteiger partial charge in [0.05, 0.1) is 6.04 Å². The number of hydrogen-bond acceptors (Lipinski definition) is 2. The zero-order valence-electron chi connectivity index (χ0n) is 13.0. The van der Waals surface area contributed by atoms with Crippen LogP contribution in [0.25, 0.3) is 0 Å². The van der Waals surface area contributed by atoms with Crippen molar-refractivity contribution in [2.45, 2.75) is 39.7 Å². The fourth-order valence-electron chi connectivity index (χ4n) is 2.21. The van der Waals surface area contributed by atoms with Crippen LogP contribution in [0, 0.1) is 19.7 Å². The summed E-state index contributed by atoms with van der Waals surface area (Å²) in [5.41, 5.74) is 2.22. The van der Waals surface area contributed by atoms with Gasteiger partial charge >= 0.3 is 0 Å². The van der Waals surface area contributed by atoms with Gasteiger partial charge in [-0.25, -0.2) is 4.39 Å². The molecule has 0 aliphatic carbocycles. The van der Waals surface area contributed by atoms with Gasteiger partial charge in [-0.15, -0.1) is 0 Å². The third-order valence-electron chi connectivity index (χ3n) is 3.23. The molecule has 1 amide bonds. The number of hydrogen-bond donors (Lipinski definition) is 1. The first-order valence-corrected chi connectivity index (χ1v) is 6.60. The molecule has 0 fully saturated rings. The summed E-state index contributed by atoms with van der Waals surface area (Å²) < 4.78 is 13.2. The fraction of sp³-hybridized carbons (Fsp3) is 0.533. The molecule has 0 heterocycles. The smallest absolute Gasteiger partial charge is 0.241 e. The first-order chi connectivity index (χ1) is 8.86. The Morgan fingerprint density at radius 2 is 1.80 bits per heavy atom. The van der Waals surface area contributed by atoms with E-state index in [9.17, 15) is 9.18 Å². The minimum absolute atomic E-state index is 0. The molecule has 1 N–H and O–H groups in total. The van der Waals surface area contributed by atoms with Crippen LogP contribution < -0.4 is 5.32 Å². The molecule has 0 aliphatic heterocycles. The molecule has 1 aromatic rings. The van der Waals surface area contributed by atoms with E-state index in [1.165, 1.54) is 12.1 Å². The van der Waals surface area contributed by atoms with Crippen molar-refractivity contribution in [3.05, 3.63) is 29.1 Å². The molecule has 1 atom stereocenters. The second-order valence-corrected chi connectivity index (χ2v) is 5.17. The predicted octanol–water partition coefficient (Wildman–Crippen LogP) is 3.11. The number of halogens is 1. The maximum Gasteiger partial charge on any atom is 0.241 e. The van der Waals surface area contributed by atoms with E-state index in [0.29, 0.717) is 5.69 Å². The number of anilines is 1. The fourth-order valence-corrected chi connectivity index (χ4v) is 2.21. The Hall–Kier alpha value is -0.316. The van der Waals surface area contributed by atoms with E-state index in [-0.39, 0.29) is 50.5 Å². The van der Waals surface area contributed by atoms with Crippen LogP contribution >= 0.6 is 0 Å². The molecular weight excluding hydrogens is 332 g/mol. The second-order valence-electron chi connectivity index (χ2n) is 5.17. The van der Waals surface area contributed by atoms with Gasteiger partial charge in [0, 0.05) is 38.4 Å². The van der Waals surface area contributed by atoms with E-state index in [1.807, 2.05) is 19.0 Å². The number of carbonyl (C=O) groups excluding carboxylic acids is 1. The third-order valence-corrected chi connectivity index (χ3v) is 3.23. The van der Waals surface area contributed by atoms with Crippen molar-refractivity contribution in [3.63, 3.8) is 0 Å². The summed E-state index contributed by atoms with van der Waals surface area (Å²) in [4.78, 5) is 14.2. The summed E-state index contributed by atoms with van der Waals surface area (Å²) >= 11 is 0. The van der Waals surface area contributed by atoms with Crippen molar-refractivity contribution >= 4 is 11.6 Å². The van der Waals surface area contributed by atoms with E-state index >= 15 is 0 Å². The standard InChI is InChI=1S/C15H23FN2O.Y/c1-6-7-13(18(4)5)15(19)17-14-10(2)8-12(16)9-11(14)3;/h8-9,13H,6-7H2,1-5H3,(H,17,19);. The minimum atomic E-state index is -0.272. The molecule has 20 heavy (non-hydrogen) atoms. The largest absolute Gasteiger partial charge is 0.324 e. The zero-order chi connectivity index (χ0) is 14.6. The van der Waals surface area contributed by atoms with Gasteiger partial charge < -0.3 is 5.32 Å². The molecule has 0 aromatic heterocycles. The van der Waals surface area contributed by atoms with Crippen molar-refractivity contribution in [1.82, 2.24) is 4.90 Å². The summed E-state index contributed by atoms with van der Waals surface area (Å²) in [6.45, 7) is 5.66. The number of carbonyl (C=O) groups is 1. The maximum absolute atomic E-state index is 13.2. The maximum atomic E-state index is 13.2. The molecule has 109 valence electrons. The third kappa shape index (κ3) is 5.23. The summed E-state index contributed by atoms with van der Waals surface area (Å²) in [6.07, 6.45) is 1.75. The van der Waals surface area contributed by atoms with Crippen LogP contribution in [0.2, 0.25) is 0 Å². The van der Waals surface area contributed by atoms with E-state index in [2.05, 4.69) is 12.2 Å². The number of aryl methyl sites for hydroxylation is 2. The van der Waals surface area contributed by atoms with Gasteiger partial charge in [0.1, 0.15) is 5.82 Å². The average molecular weight is 355 g/mol. The molecule has 1 rings (SSSR count). The number of benzene rings is 1. The van der Waals surface area contributed by atoms with E-state index in [4.69, 9.17) is 0 Å². The van der Waals surface area contributed by atoms with Gasteiger partial charge in [0.2, 0.25) is 5.91 Å². The van der Waals surface area contributed by atoms with Crippen LogP contribution in [0.1, 0.15) is 30.9 Å². The normalized spacial score (nSPS) is 11.9. The van der Waals surface area contributed by atoms with Gasteiger partial charge in [-0.05, 0) is 57.6 Å². The Bertz CT molecular complexity index is 440. The molecule has 0 aliphatic rings. The average Bonchev–Trinajstić information content (AvgIpc) is 2.29. The monoisotopic (exact) mass is 355 g/mol. The topological polar surface area (TPSA) is 32.3 Å². The van der Waals surface area contributed by atoms with Crippen LogP contribution in [-0.4, -0.2) is 30.9 Å². The quantitative estimate of drug-likeness (QED) is 0.880. The minimum Gasteiger partial charge on any atom is -0.324 e. The van der Waals surface area contributed by atoms with Gasteiger partial charge in [0.25, 0.3) is 0 Å². The van der Waals surface area contributed by atoms with Crippen LogP contribution in [0.15, 0.2) is 12.1 Å². The summed E-state index contributed by atoms with van der Waals surface area (Å²) in [7, 11) is 3.79. The molecule has 5 heteroatoms. The summed E-state index contributed by atoms with van der Waals surface area (Å²) in [5, 5.41) is 2.92. The molecule has 0 saturated heterocycles. The Morgan fingerprint density at radius 1 is 1.30 bits per heavy atom. The summed E-state index contributed by atoms with van der Waals surface area (Å²) in [6, 6.07) is 2.72. The van der Waals surface area contributed by atoms with Crippen molar-refractivity contribution in [3.8, 4) is 0 Å². The molecule has 0 saturated carbocycles. The van der Waals surface area contributed by atoms with Gasteiger partial charge in [-0.3, -0.25) is 9.69 Å². The second kappa shape index (κ2) is 8.86. The molecule has 1 unspecified atom stereocenters. The van der Waals surface area contributed by atoms with Crippen molar-refractivity contribution < 1.29 is 41.9 Å². The molecule has 3 nitrogen and oxygen atoms in total. The van der Waals surface area contributed by atoms with Crippen molar-refractivity contribution in [2.75, 3.05) is 19.4 Å². The van der Waals surface area contributed by atoms with Crippen LogP contribution in [0.4, 0.5) is 10.1 Å². The number of rotatable bonds is 5. The number of nitrogens with zero attached hydrogens (tertiary/aromatic N) is 1. The Kier molecular flexibility index (Phi) is 8.72. The first-order valence-electron chi connectivity index (χ1n) is 6.60. The Labute approximate surface area is 146 Å². The molecular formula is C15H23FN2OY. The van der Waals surface area contributed by atoms with Crippen LogP contribution in [0.5, 0.6) is 0 Å². The van der Waals surface area contributed by atoms with E-state index in [0.717, 1.165) is 24.0 Å². The SMILES string of the molecule is CCCC(C(=O)Nc1c(C)cc(F)cc1C)N(C)C.[Y]. The molecule has 1 radical (unpaired) electrons. The Morgan fingerprint density at radius 3 is 2.20 bits per heavy atom. The molecule has 0 spiro atoms. The first kappa shape index (κ1) is 19.7. The van der Waals surface area contributed by atoms with Gasteiger partial charge in [0.15, 0.2) is 0 Å². The number of nitrogens with one attached hydrogen (secondary N) is 1. The van der Waals surface area contributed by atoms with Crippen molar-refractivity contribution in [1.29, 1.82) is 0 Å². The number of likely N-dealkylation sites (N-methyl/N-ethyl adjacent to an activating group) is 1. The summed E-state index contributed by atoms with van der Waals surface area (Å²) in [5.74, 6) is -0.310. The van der Waals surface area contributed by atoms with E-state index < -0.39 is 0 Å².